The summed E-state index contributed by atoms with van der Waals surface area (Å²) in [7, 11) is 0. The van der Waals surface area contributed by atoms with Gasteiger partial charge < -0.3 is 10.4 Å². The predicted molar refractivity (Wildman–Crippen MR) is 71.8 cm³/mol. The average molecular weight is 247 g/mol. The van der Waals surface area contributed by atoms with Crippen LogP contribution in [0.15, 0.2) is 24.3 Å². The smallest absolute Gasteiger partial charge is 0.311 e. The van der Waals surface area contributed by atoms with E-state index < -0.39 is 11.4 Å². The molecular formula is C15H21NO2. The third-order valence-corrected chi connectivity index (χ3v) is 3.89. The number of hydrogen-bond donors (Lipinski definition) is 2. The molecule has 18 heavy (non-hydrogen) atoms. The molecule has 1 aromatic carbocycles. The van der Waals surface area contributed by atoms with Gasteiger partial charge in [0.25, 0.3) is 0 Å². The maximum absolute atomic E-state index is 11.5. The lowest BCUT2D eigenvalue weighted by Gasteiger charge is -2.23. The number of carboxylic acid groups (broad SMARTS) is 1. The Morgan fingerprint density at radius 3 is 2.50 bits per heavy atom. The van der Waals surface area contributed by atoms with Gasteiger partial charge in [-0.1, -0.05) is 38.1 Å². The molecule has 1 aliphatic rings. The van der Waals surface area contributed by atoms with Gasteiger partial charge in [-0.25, -0.2) is 0 Å². The maximum atomic E-state index is 11.5. The first-order valence-electron chi connectivity index (χ1n) is 6.56. The van der Waals surface area contributed by atoms with Crippen molar-refractivity contribution in [1.29, 1.82) is 0 Å². The first-order chi connectivity index (χ1) is 8.53. The van der Waals surface area contributed by atoms with Gasteiger partial charge in [0.2, 0.25) is 0 Å². The van der Waals surface area contributed by atoms with Crippen LogP contribution in [0.2, 0.25) is 0 Å². The molecule has 3 heteroatoms. The fraction of sp³-hybridized carbons (Fsp3) is 0.533. The highest BCUT2D eigenvalue weighted by molar-refractivity contribution is 5.76. The summed E-state index contributed by atoms with van der Waals surface area (Å²) in [5, 5.41) is 12.6. The van der Waals surface area contributed by atoms with E-state index in [-0.39, 0.29) is 0 Å². The van der Waals surface area contributed by atoms with Gasteiger partial charge in [-0.3, -0.25) is 4.79 Å². The fourth-order valence-corrected chi connectivity index (χ4v) is 2.56. The molecule has 3 nitrogen and oxygen atoms in total. The average Bonchev–Trinajstić information content (AvgIpc) is 2.79. The minimum absolute atomic E-state index is 0.514. The highest BCUT2D eigenvalue weighted by atomic mass is 16.4. The van der Waals surface area contributed by atoms with Crippen LogP contribution in [0.1, 0.15) is 37.3 Å². The summed E-state index contributed by atoms with van der Waals surface area (Å²) in [5.41, 5.74) is 1.80. The molecule has 0 radical (unpaired) electrons. The number of benzene rings is 1. The second kappa shape index (κ2) is 5.11. The van der Waals surface area contributed by atoms with Crippen molar-refractivity contribution >= 4 is 5.97 Å². The van der Waals surface area contributed by atoms with Crippen molar-refractivity contribution in [3.05, 3.63) is 35.4 Å². The Morgan fingerprint density at radius 2 is 2.06 bits per heavy atom. The normalized spacial score (nSPS) is 23.5. The van der Waals surface area contributed by atoms with E-state index in [9.17, 15) is 9.90 Å². The Labute approximate surface area is 108 Å². The largest absolute Gasteiger partial charge is 0.481 e. The van der Waals surface area contributed by atoms with E-state index in [1.165, 1.54) is 5.56 Å². The number of hydrogen-bond acceptors (Lipinski definition) is 2. The standard InChI is InChI=1S/C15H21NO2/c1-11(2)13-5-3-12(4-6-13)9-15(14(17)18)7-8-16-10-15/h3-6,11,16H,7-10H2,1-2H3,(H,17,18). The van der Waals surface area contributed by atoms with Gasteiger partial charge in [0.15, 0.2) is 0 Å². The van der Waals surface area contributed by atoms with Crippen molar-refractivity contribution in [2.75, 3.05) is 13.1 Å². The summed E-state index contributed by atoms with van der Waals surface area (Å²) >= 11 is 0. The topological polar surface area (TPSA) is 49.3 Å². The molecule has 2 rings (SSSR count). The van der Waals surface area contributed by atoms with Gasteiger partial charge in [0, 0.05) is 6.54 Å². The monoisotopic (exact) mass is 247 g/mol. The summed E-state index contributed by atoms with van der Waals surface area (Å²) in [6.07, 6.45) is 1.34. The molecule has 0 spiro atoms. The number of carboxylic acids is 1. The van der Waals surface area contributed by atoms with Crippen LogP contribution in [-0.2, 0) is 11.2 Å². The summed E-state index contributed by atoms with van der Waals surface area (Å²) < 4.78 is 0. The fourth-order valence-electron chi connectivity index (χ4n) is 2.56. The number of nitrogens with one attached hydrogen (secondary N) is 1. The Morgan fingerprint density at radius 1 is 1.39 bits per heavy atom. The summed E-state index contributed by atoms with van der Waals surface area (Å²) in [6, 6.07) is 8.35. The van der Waals surface area contributed by atoms with E-state index in [2.05, 4.69) is 43.4 Å². The highest BCUT2D eigenvalue weighted by Crippen LogP contribution is 2.30. The lowest BCUT2D eigenvalue weighted by molar-refractivity contribution is -0.147. The molecule has 0 bridgehead atoms. The van der Waals surface area contributed by atoms with Crippen LogP contribution in [0.4, 0.5) is 0 Å². The summed E-state index contributed by atoms with van der Waals surface area (Å²) in [6.45, 7) is 5.70. The van der Waals surface area contributed by atoms with Crippen molar-refractivity contribution in [2.45, 2.75) is 32.6 Å². The van der Waals surface area contributed by atoms with Crippen LogP contribution in [0.3, 0.4) is 0 Å². The van der Waals surface area contributed by atoms with E-state index in [0.29, 0.717) is 25.3 Å². The van der Waals surface area contributed by atoms with Crippen LogP contribution in [0.25, 0.3) is 0 Å². The SMILES string of the molecule is CC(C)c1ccc(CC2(C(=O)O)CCNC2)cc1. The lowest BCUT2D eigenvalue weighted by Crippen LogP contribution is -2.35. The summed E-state index contributed by atoms with van der Waals surface area (Å²) in [5.74, 6) is -0.166. The molecular weight excluding hydrogens is 226 g/mol. The molecule has 0 saturated carbocycles. The molecule has 1 aromatic rings. The van der Waals surface area contributed by atoms with Crippen LogP contribution in [0, 0.1) is 5.41 Å². The molecule has 1 saturated heterocycles. The van der Waals surface area contributed by atoms with Crippen LogP contribution in [0.5, 0.6) is 0 Å². The first kappa shape index (κ1) is 13.1. The van der Waals surface area contributed by atoms with Crippen molar-refractivity contribution in [2.24, 2.45) is 5.41 Å². The van der Waals surface area contributed by atoms with E-state index in [1.807, 2.05) is 0 Å². The first-order valence-corrected chi connectivity index (χ1v) is 6.56. The Bertz CT molecular complexity index is 417. The zero-order valence-corrected chi connectivity index (χ0v) is 11.1. The maximum Gasteiger partial charge on any atom is 0.311 e. The van der Waals surface area contributed by atoms with Gasteiger partial charge >= 0.3 is 5.97 Å². The van der Waals surface area contributed by atoms with Gasteiger partial charge in [-0.15, -0.1) is 0 Å². The predicted octanol–water partition coefficient (Wildman–Crippen LogP) is 2.42. The summed E-state index contributed by atoms with van der Waals surface area (Å²) in [4.78, 5) is 11.5. The zero-order chi connectivity index (χ0) is 13.2. The molecule has 2 N–H and O–H groups in total. The highest BCUT2D eigenvalue weighted by Gasteiger charge is 2.41. The van der Waals surface area contributed by atoms with Crippen molar-refractivity contribution in [3.8, 4) is 0 Å². The molecule has 1 heterocycles. The van der Waals surface area contributed by atoms with Crippen LogP contribution < -0.4 is 5.32 Å². The molecule has 1 aliphatic heterocycles. The van der Waals surface area contributed by atoms with E-state index >= 15 is 0 Å². The third kappa shape index (κ3) is 2.56. The second-order valence-corrected chi connectivity index (χ2v) is 5.59. The minimum atomic E-state index is -0.680. The van der Waals surface area contributed by atoms with Gasteiger partial charge in [0.1, 0.15) is 0 Å². The lowest BCUT2D eigenvalue weighted by atomic mass is 9.80. The molecule has 0 aromatic heterocycles. The third-order valence-electron chi connectivity index (χ3n) is 3.89. The van der Waals surface area contributed by atoms with Gasteiger partial charge in [0.05, 0.1) is 5.41 Å². The molecule has 0 amide bonds. The molecule has 1 fully saturated rings. The number of rotatable bonds is 4. The van der Waals surface area contributed by atoms with E-state index in [4.69, 9.17) is 0 Å². The van der Waals surface area contributed by atoms with Crippen LogP contribution >= 0.6 is 0 Å². The number of aliphatic carboxylic acids is 1. The molecule has 1 unspecified atom stereocenters. The van der Waals surface area contributed by atoms with E-state index in [1.54, 1.807) is 0 Å². The number of carbonyl (C=O) groups is 1. The molecule has 0 aliphatic carbocycles. The Hall–Kier alpha value is -1.35. The van der Waals surface area contributed by atoms with Crippen molar-refractivity contribution in [1.82, 2.24) is 5.32 Å². The van der Waals surface area contributed by atoms with Gasteiger partial charge in [-0.05, 0) is 36.4 Å². The van der Waals surface area contributed by atoms with Gasteiger partial charge in [-0.2, -0.15) is 0 Å². The molecule has 1 atom stereocenters. The molecule has 98 valence electrons. The Balaban J connectivity index is 2.15. The second-order valence-electron chi connectivity index (χ2n) is 5.59. The van der Waals surface area contributed by atoms with Crippen LogP contribution in [-0.4, -0.2) is 24.2 Å². The Kier molecular flexibility index (Phi) is 3.71. The van der Waals surface area contributed by atoms with Crippen molar-refractivity contribution < 1.29 is 9.90 Å². The zero-order valence-electron chi connectivity index (χ0n) is 11.1. The quantitative estimate of drug-likeness (QED) is 0.859. The minimum Gasteiger partial charge on any atom is -0.481 e. The van der Waals surface area contributed by atoms with E-state index in [0.717, 1.165) is 12.1 Å². The van der Waals surface area contributed by atoms with Crippen molar-refractivity contribution in [3.63, 3.8) is 0 Å².